The summed E-state index contributed by atoms with van der Waals surface area (Å²) in [5.74, 6) is -0.332. The Morgan fingerprint density at radius 1 is 1.10 bits per heavy atom. The van der Waals surface area contributed by atoms with Crippen LogP contribution in [0.1, 0.15) is 42.8 Å². The van der Waals surface area contributed by atoms with Crippen LogP contribution in [0, 0.1) is 17.1 Å². The van der Waals surface area contributed by atoms with Crippen LogP contribution in [0.3, 0.4) is 0 Å². The van der Waals surface area contributed by atoms with Gasteiger partial charge in [0.15, 0.2) is 0 Å². The number of nitrogens with one attached hydrogen (secondary N) is 1. The molecule has 0 saturated carbocycles. The van der Waals surface area contributed by atoms with Gasteiger partial charge in [0.05, 0.1) is 23.5 Å². The number of nitriles is 1. The Hall–Kier alpha value is -2.25. The van der Waals surface area contributed by atoms with Crippen molar-refractivity contribution in [2.45, 2.75) is 25.9 Å². The number of pyridine rings is 1. The van der Waals surface area contributed by atoms with E-state index in [9.17, 15) is 4.39 Å². The Labute approximate surface area is 118 Å². The lowest BCUT2D eigenvalue weighted by molar-refractivity contribution is 0.484. The van der Waals surface area contributed by atoms with E-state index in [0.29, 0.717) is 5.56 Å². The van der Waals surface area contributed by atoms with Gasteiger partial charge in [0.2, 0.25) is 0 Å². The second-order valence-corrected chi connectivity index (χ2v) is 4.75. The molecule has 1 N–H and O–H groups in total. The van der Waals surface area contributed by atoms with E-state index in [2.05, 4.69) is 16.4 Å². The molecule has 20 heavy (non-hydrogen) atoms. The maximum absolute atomic E-state index is 12.8. The van der Waals surface area contributed by atoms with E-state index in [1.807, 2.05) is 26.0 Å². The van der Waals surface area contributed by atoms with Gasteiger partial charge in [-0.05, 0) is 43.7 Å². The number of aromatic nitrogens is 1. The van der Waals surface area contributed by atoms with Gasteiger partial charge in [-0.25, -0.2) is 4.39 Å². The van der Waals surface area contributed by atoms with Crippen LogP contribution >= 0.6 is 0 Å². The molecular weight excluding hydrogens is 253 g/mol. The van der Waals surface area contributed by atoms with Crippen LogP contribution in [-0.4, -0.2) is 4.98 Å². The first kappa shape index (κ1) is 14.2. The molecule has 0 radical (unpaired) electrons. The molecule has 0 aliphatic heterocycles. The molecule has 0 fully saturated rings. The predicted octanol–water partition coefficient (Wildman–Crippen LogP) is 3.50. The monoisotopic (exact) mass is 269 g/mol. The van der Waals surface area contributed by atoms with Crippen molar-refractivity contribution in [1.29, 1.82) is 5.26 Å². The van der Waals surface area contributed by atoms with E-state index in [0.717, 1.165) is 11.3 Å². The molecule has 2 rings (SSSR count). The molecule has 0 aliphatic rings. The number of rotatable bonds is 4. The highest BCUT2D eigenvalue weighted by atomic mass is 19.1. The summed E-state index contributed by atoms with van der Waals surface area (Å²) in [6.45, 7) is 4.03. The minimum Gasteiger partial charge on any atom is -0.302 e. The maximum Gasteiger partial charge on any atom is 0.141 e. The van der Waals surface area contributed by atoms with Crippen LogP contribution in [0.2, 0.25) is 0 Å². The summed E-state index contributed by atoms with van der Waals surface area (Å²) in [7, 11) is 0. The zero-order valence-corrected chi connectivity index (χ0v) is 11.5. The average Bonchev–Trinajstić information content (AvgIpc) is 2.48. The van der Waals surface area contributed by atoms with E-state index in [1.54, 1.807) is 18.2 Å². The van der Waals surface area contributed by atoms with Gasteiger partial charge in [-0.3, -0.25) is 4.98 Å². The molecule has 3 nitrogen and oxygen atoms in total. The summed E-state index contributed by atoms with van der Waals surface area (Å²) < 4.78 is 12.8. The van der Waals surface area contributed by atoms with Crippen LogP contribution in [0.4, 0.5) is 4.39 Å². The predicted molar refractivity (Wildman–Crippen MR) is 75.3 cm³/mol. The first-order chi connectivity index (χ1) is 9.60. The smallest absolute Gasteiger partial charge is 0.141 e. The van der Waals surface area contributed by atoms with Crippen molar-refractivity contribution in [3.63, 3.8) is 0 Å². The van der Waals surface area contributed by atoms with E-state index in [-0.39, 0.29) is 17.9 Å². The highest BCUT2D eigenvalue weighted by molar-refractivity contribution is 5.32. The topological polar surface area (TPSA) is 48.7 Å². The molecule has 0 bridgehead atoms. The highest BCUT2D eigenvalue weighted by Crippen LogP contribution is 2.18. The van der Waals surface area contributed by atoms with Gasteiger partial charge in [-0.1, -0.05) is 12.1 Å². The molecular formula is C16H16FN3. The van der Waals surface area contributed by atoms with Crippen LogP contribution in [0.15, 0.2) is 42.6 Å². The van der Waals surface area contributed by atoms with Crippen LogP contribution in [-0.2, 0) is 0 Å². The number of hydrogen-bond donors (Lipinski definition) is 1. The Bertz CT molecular complexity index is 599. The third-order valence-electron chi connectivity index (χ3n) is 3.23. The van der Waals surface area contributed by atoms with Crippen molar-refractivity contribution in [2.24, 2.45) is 0 Å². The molecule has 2 unspecified atom stereocenters. The lowest BCUT2D eigenvalue weighted by atomic mass is 10.0. The van der Waals surface area contributed by atoms with Gasteiger partial charge < -0.3 is 5.32 Å². The van der Waals surface area contributed by atoms with E-state index < -0.39 is 0 Å². The summed E-state index contributed by atoms with van der Waals surface area (Å²) in [6, 6.07) is 12.8. The maximum atomic E-state index is 12.8. The summed E-state index contributed by atoms with van der Waals surface area (Å²) in [5.41, 5.74) is 2.54. The Morgan fingerprint density at radius 2 is 1.80 bits per heavy atom. The zero-order valence-electron chi connectivity index (χ0n) is 11.5. The quantitative estimate of drug-likeness (QED) is 0.924. The molecule has 0 saturated heterocycles. The molecule has 0 spiro atoms. The number of nitrogens with zero attached hydrogens (tertiary/aromatic N) is 2. The molecule has 2 aromatic rings. The number of halogens is 1. The Morgan fingerprint density at radius 3 is 2.35 bits per heavy atom. The number of benzene rings is 1. The van der Waals surface area contributed by atoms with Gasteiger partial charge in [-0.2, -0.15) is 5.26 Å². The van der Waals surface area contributed by atoms with Crippen molar-refractivity contribution in [3.8, 4) is 6.07 Å². The van der Waals surface area contributed by atoms with E-state index >= 15 is 0 Å². The second kappa shape index (κ2) is 6.27. The van der Waals surface area contributed by atoms with Crippen molar-refractivity contribution >= 4 is 0 Å². The summed E-state index contributed by atoms with van der Waals surface area (Å²) in [6.07, 6.45) is 1.22. The van der Waals surface area contributed by atoms with Crippen molar-refractivity contribution in [2.75, 3.05) is 0 Å². The Kier molecular flexibility index (Phi) is 4.44. The lowest BCUT2D eigenvalue weighted by Crippen LogP contribution is -2.23. The molecule has 4 heteroatoms. The largest absolute Gasteiger partial charge is 0.302 e. The molecule has 102 valence electrons. The minimum absolute atomic E-state index is 0.0150. The first-order valence-electron chi connectivity index (χ1n) is 6.47. The third kappa shape index (κ3) is 3.40. The summed E-state index contributed by atoms with van der Waals surface area (Å²) >= 11 is 0. The molecule has 0 amide bonds. The van der Waals surface area contributed by atoms with Gasteiger partial charge >= 0.3 is 0 Å². The molecule has 1 heterocycles. The Balaban J connectivity index is 2.04. The number of hydrogen-bond acceptors (Lipinski definition) is 3. The van der Waals surface area contributed by atoms with Crippen molar-refractivity contribution < 1.29 is 4.39 Å². The molecule has 1 aromatic carbocycles. The summed E-state index contributed by atoms with van der Waals surface area (Å²) in [4.78, 5) is 4.07. The zero-order chi connectivity index (χ0) is 14.5. The van der Waals surface area contributed by atoms with Crippen LogP contribution in [0.5, 0.6) is 0 Å². The standard InChI is InChI=1S/C16H16FN3/c1-11(14-5-3-13(9-18)4-6-14)20-12(2)16-8-7-15(17)10-19-16/h3-8,10-12,20H,1-2H3. The van der Waals surface area contributed by atoms with Gasteiger partial charge in [0, 0.05) is 12.1 Å². The fourth-order valence-corrected chi connectivity index (χ4v) is 2.05. The van der Waals surface area contributed by atoms with E-state index in [4.69, 9.17) is 5.26 Å². The third-order valence-corrected chi connectivity index (χ3v) is 3.23. The fourth-order valence-electron chi connectivity index (χ4n) is 2.05. The fraction of sp³-hybridized carbons (Fsp3) is 0.250. The van der Waals surface area contributed by atoms with E-state index in [1.165, 1.54) is 12.3 Å². The van der Waals surface area contributed by atoms with Gasteiger partial charge in [0.25, 0.3) is 0 Å². The van der Waals surface area contributed by atoms with Crippen LogP contribution in [0.25, 0.3) is 0 Å². The van der Waals surface area contributed by atoms with Gasteiger partial charge in [-0.15, -0.1) is 0 Å². The summed E-state index contributed by atoms with van der Waals surface area (Å²) in [5, 5.41) is 12.2. The lowest BCUT2D eigenvalue weighted by Gasteiger charge is -2.20. The SMILES string of the molecule is CC(NC(C)c1ccc(F)cn1)c1ccc(C#N)cc1. The van der Waals surface area contributed by atoms with Crippen molar-refractivity contribution in [3.05, 3.63) is 65.2 Å². The average molecular weight is 269 g/mol. The first-order valence-corrected chi connectivity index (χ1v) is 6.47. The van der Waals surface area contributed by atoms with Crippen LogP contribution < -0.4 is 5.32 Å². The van der Waals surface area contributed by atoms with Crippen molar-refractivity contribution in [1.82, 2.24) is 10.3 Å². The molecule has 1 aromatic heterocycles. The normalized spacial score (nSPS) is 13.5. The second-order valence-electron chi connectivity index (χ2n) is 4.75. The molecule has 2 atom stereocenters. The van der Waals surface area contributed by atoms with Gasteiger partial charge in [0.1, 0.15) is 5.82 Å². The minimum atomic E-state index is -0.332. The molecule has 0 aliphatic carbocycles. The highest BCUT2D eigenvalue weighted by Gasteiger charge is 2.12.